The molecular weight excluding hydrogens is 236 g/mol. The van der Waals surface area contributed by atoms with E-state index in [4.69, 9.17) is 0 Å². The number of phenolic OH excluding ortho intramolecular Hbond substituents is 1. The number of phenols is 1. The predicted molar refractivity (Wildman–Crippen MR) is 79.3 cm³/mol. The molecule has 0 atom stereocenters. The van der Waals surface area contributed by atoms with E-state index in [-0.39, 0.29) is 0 Å². The van der Waals surface area contributed by atoms with Gasteiger partial charge in [0.05, 0.1) is 0 Å². The van der Waals surface area contributed by atoms with Gasteiger partial charge in [0.15, 0.2) is 0 Å². The van der Waals surface area contributed by atoms with Crippen molar-refractivity contribution in [2.24, 2.45) is 0 Å². The quantitative estimate of drug-likeness (QED) is 0.884. The van der Waals surface area contributed by atoms with Crippen LogP contribution >= 0.6 is 0 Å². The SMILES string of the molecule is CCCN1CCC(N(C)Cc2cccc(O)c2)CC1. The number of hydrogen-bond acceptors (Lipinski definition) is 3. The number of nitrogens with zero attached hydrogens (tertiary/aromatic N) is 2. The third-order valence-electron chi connectivity index (χ3n) is 4.06. The normalized spacial score (nSPS) is 18.1. The maximum absolute atomic E-state index is 9.50. The van der Waals surface area contributed by atoms with E-state index in [0.717, 1.165) is 6.54 Å². The zero-order valence-corrected chi connectivity index (χ0v) is 12.2. The van der Waals surface area contributed by atoms with E-state index in [1.165, 1.54) is 44.5 Å². The van der Waals surface area contributed by atoms with Crippen LogP contribution in [-0.2, 0) is 6.54 Å². The zero-order chi connectivity index (χ0) is 13.7. The average molecular weight is 262 g/mol. The van der Waals surface area contributed by atoms with Gasteiger partial charge in [-0.3, -0.25) is 4.90 Å². The second-order valence-corrected chi connectivity index (χ2v) is 5.66. The van der Waals surface area contributed by atoms with Crippen molar-refractivity contribution >= 4 is 0 Å². The first-order chi connectivity index (χ1) is 9.19. The first-order valence-electron chi connectivity index (χ1n) is 7.39. The lowest BCUT2D eigenvalue weighted by atomic mass is 10.0. The summed E-state index contributed by atoms with van der Waals surface area (Å²) in [5.74, 6) is 0.365. The van der Waals surface area contributed by atoms with Gasteiger partial charge in [-0.2, -0.15) is 0 Å². The first kappa shape index (κ1) is 14.4. The smallest absolute Gasteiger partial charge is 0.115 e. The van der Waals surface area contributed by atoms with Crippen molar-refractivity contribution in [2.75, 3.05) is 26.7 Å². The molecular formula is C16H26N2O. The summed E-state index contributed by atoms with van der Waals surface area (Å²) in [6.45, 7) is 6.86. The summed E-state index contributed by atoms with van der Waals surface area (Å²) >= 11 is 0. The summed E-state index contributed by atoms with van der Waals surface area (Å²) in [5.41, 5.74) is 1.19. The largest absolute Gasteiger partial charge is 0.508 e. The Morgan fingerprint density at radius 2 is 2.05 bits per heavy atom. The van der Waals surface area contributed by atoms with Crippen LogP contribution < -0.4 is 0 Å². The first-order valence-corrected chi connectivity index (χ1v) is 7.39. The summed E-state index contributed by atoms with van der Waals surface area (Å²) in [6, 6.07) is 8.27. The van der Waals surface area contributed by atoms with Gasteiger partial charge in [-0.1, -0.05) is 19.1 Å². The molecule has 0 radical (unpaired) electrons. The van der Waals surface area contributed by atoms with Crippen LogP contribution in [0.15, 0.2) is 24.3 Å². The number of hydrogen-bond donors (Lipinski definition) is 1. The lowest BCUT2D eigenvalue weighted by molar-refractivity contribution is 0.123. The Bertz CT molecular complexity index is 386. The molecule has 1 fully saturated rings. The minimum atomic E-state index is 0.365. The van der Waals surface area contributed by atoms with E-state index in [0.29, 0.717) is 11.8 Å². The zero-order valence-electron chi connectivity index (χ0n) is 12.2. The van der Waals surface area contributed by atoms with Crippen LogP contribution in [0, 0.1) is 0 Å². The van der Waals surface area contributed by atoms with Gasteiger partial charge in [0.1, 0.15) is 5.75 Å². The van der Waals surface area contributed by atoms with Gasteiger partial charge < -0.3 is 10.0 Å². The Labute approximate surface area is 116 Å². The molecule has 0 aromatic heterocycles. The summed E-state index contributed by atoms with van der Waals surface area (Å²) < 4.78 is 0. The van der Waals surface area contributed by atoms with Crippen molar-refractivity contribution < 1.29 is 5.11 Å². The highest BCUT2D eigenvalue weighted by Crippen LogP contribution is 2.19. The Kier molecular flexibility index (Phi) is 5.23. The minimum Gasteiger partial charge on any atom is -0.508 e. The van der Waals surface area contributed by atoms with Gasteiger partial charge in [0, 0.05) is 12.6 Å². The Balaban J connectivity index is 1.82. The molecule has 0 unspecified atom stereocenters. The number of piperidine rings is 1. The van der Waals surface area contributed by atoms with Crippen molar-refractivity contribution in [2.45, 2.75) is 38.8 Å². The van der Waals surface area contributed by atoms with Crippen LogP contribution in [0.3, 0.4) is 0 Å². The van der Waals surface area contributed by atoms with E-state index in [1.54, 1.807) is 6.07 Å². The number of likely N-dealkylation sites (tertiary alicyclic amines) is 1. The Hall–Kier alpha value is -1.06. The fourth-order valence-electron chi connectivity index (χ4n) is 2.97. The summed E-state index contributed by atoms with van der Waals surface area (Å²) in [5, 5.41) is 9.50. The molecule has 1 aliphatic heterocycles. The topological polar surface area (TPSA) is 26.7 Å². The van der Waals surface area contributed by atoms with Crippen LogP contribution in [0.25, 0.3) is 0 Å². The van der Waals surface area contributed by atoms with Gasteiger partial charge in [-0.15, -0.1) is 0 Å². The minimum absolute atomic E-state index is 0.365. The van der Waals surface area contributed by atoms with Crippen LogP contribution in [0.5, 0.6) is 5.75 Å². The molecule has 2 rings (SSSR count). The van der Waals surface area contributed by atoms with Crippen LogP contribution in [0.4, 0.5) is 0 Å². The van der Waals surface area contributed by atoms with Gasteiger partial charge in [-0.05, 0) is 63.6 Å². The predicted octanol–water partition coefficient (Wildman–Crippen LogP) is 2.70. The van der Waals surface area contributed by atoms with Crippen molar-refractivity contribution in [1.29, 1.82) is 0 Å². The second kappa shape index (κ2) is 6.92. The molecule has 0 aliphatic carbocycles. The lowest BCUT2D eigenvalue weighted by Gasteiger charge is -2.36. The van der Waals surface area contributed by atoms with Crippen LogP contribution in [0.1, 0.15) is 31.7 Å². The maximum Gasteiger partial charge on any atom is 0.115 e. The highest BCUT2D eigenvalue weighted by molar-refractivity contribution is 5.27. The van der Waals surface area contributed by atoms with Gasteiger partial charge in [0.25, 0.3) is 0 Å². The third kappa shape index (κ3) is 4.22. The highest BCUT2D eigenvalue weighted by atomic mass is 16.3. The molecule has 0 saturated carbocycles. The van der Waals surface area contributed by atoms with E-state index in [9.17, 15) is 5.11 Å². The van der Waals surface area contributed by atoms with E-state index in [2.05, 4.69) is 29.8 Å². The lowest BCUT2D eigenvalue weighted by Crippen LogP contribution is -2.43. The molecule has 0 spiro atoms. The Morgan fingerprint density at radius 1 is 1.32 bits per heavy atom. The van der Waals surface area contributed by atoms with Crippen molar-refractivity contribution in [3.8, 4) is 5.75 Å². The molecule has 1 heterocycles. The molecule has 1 aromatic carbocycles. The van der Waals surface area contributed by atoms with Crippen molar-refractivity contribution in [3.63, 3.8) is 0 Å². The number of aromatic hydroxyl groups is 1. The third-order valence-corrected chi connectivity index (χ3v) is 4.06. The molecule has 1 N–H and O–H groups in total. The van der Waals surface area contributed by atoms with E-state index in [1.807, 2.05) is 12.1 Å². The van der Waals surface area contributed by atoms with Gasteiger partial charge >= 0.3 is 0 Å². The summed E-state index contributed by atoms with van der Waals surface area (Å²) in [6.07, 6.45) is 3.77. The molecule has 1 aromatic rings. The Morgan fingerprint density at radius 3 is 2.68 bits per heavy atom. The second-order valence-electron chi connectivity index (χ2n) is 5.66. The van der Waals surface area contributed by atoms with E-state index < -0.39 is 0 Å². The van der Waals surface area contributed by atoms with E-state index >= 15 is 0 Å². The fourth-order valence-corrected chi connectivity index (χ4v) is 2.97. The average Bonchev–Trinajstić information content (AvgIpc) is 2.40. The molecule has 1 saturated heterocycles. The molecule has 0 amide bonds. The molecule has 1 aliphatic rings. The maximum atomic E-state index is 9.50. The molecule has 3 heteroatoms. The van der Waals surface area contributed by atoms with Crippen LogP contribution in [0.2, 0.25) is 0 Å². The highest BCUT2D eigenvalue weighted by Gasteiger charge is 2.21. The monoisotopic (exact) mass is 262 g/mol. The van der Waals surface area contributed by atoms with Gasteiger partial charge in [0.2, 0.25) is 0 Å². The van der Waals surface area contributed by atoms with Gasteiger partial charge in [-0.25, -0.2) is 0 Å². The molecule has 3 nitrogen and oxygen atoms in total. The number of rotatable bonds is 5. The molecule has 0 bridgehead atoms. The van der Waals surface area contributed by atoms with Crippen LogP contribution in [-0.4, -0.2) is 47.6 Å². The summed E-state index contributed by atoms with van der Waals surface area (Å²) in [4.78, 5) is 5.00. The molecule has 106 valence electrons. The van der Waals surface area contributed by atoms with Crippen molar-refractivity contribution in [1.82, 2.24) is 9.80 Å². The molecule has 19 heavy (non-hydrogen) atoms. The fraction of sp³-hybridized carbons (Fsp3) is 0.625. The van der Waals surface area contributed by atoms with Crippen molar-refractivity contribution in [3.05, 3.63) is 29.8 Å². The summed E-state index contributed by atoms with van der Waals surface area (Å²) in [7, 11) is 2.20. The number of benzene rings is 1. The standard InChI is InChI=1S/C16H26N2O/c1-3-9-18-10-7-15(8-11-18)17(2)13-14-5-4-6-16(19)12-14/h4-6,12,15,19H,3,7-11,13H2,1-2H3.